The molecule has 0 aliphatic carbocycles. The van der Waals surface area contributed by atoms with E-state index in [1.165, 1.54) is 0 Å². The van der Waals surface area contributed by atoms with Gasteiger partial charge in [0.25, 0.3) is 0 Å². The molecule has 0 spiro atoms. The standard InChI is InChI=1S/C14H18BrNO4/c1-2-3-8-19-14(18)20-13(17)9-12(16)10-4-6-11(15)7-5-10/h4-7,12H,2-3,8-9,16H2,1H3/t12-/m0/s1. The lowest BCUT2D eigenvalue weighted by atomic mass is 10.1. The van der Waals surface area contributed by atoms with Gasteiger partial charge in [0.05, 0.1) is 13.0 Å². The summed E-state index contributed by atoms with van der Waals surface area (Å²) in [4.78, 5) is 22.7. The lowest BCUT2D eigenvalue weighted by molar-refractivity contribution is -0.140. The van der Waals surface area contributed by atoms with Crippen LogP contribution in [0.4, 0.5) is 4.79 Å². The third-order valence-corrected chi connectivity index (χ3v) is 3.13. The number of nitrogens with two attached hydrogens (primary N) is 1. The molecule has 0 unspecified atom stereocenters. The first-order valence-electron chi connectivity index (χ1n) is 6.41. The topological polar surface area (TPSA) is 78.6 Å². The minimum atomic E-state index is -0.966. The van der Waals surface area contributed by atoms with Crippen LogP contribution in [-0.4, -0.2) is 18.7 Å². The van der Waals surface area contributed by atoms with E-state index in [9.17, 15) is 9.59 Å². The van der Waals surface area contributed by atoms with Crippen LogP contribution in [0.3, 0.4) is 0 Å². The summed E-state index contributed by atoms with van der Waals surface area (Å²) in [5, 5.41) is 0. The molecule has 0 aliphatic heterocycles. The summed E-state index contributed by atoms with van der Waals surface area (Å²) < 4.78 is 10.2. The highest BCUT2D eigenvalue weighted by Crippen LogP contribution is 2.18. The maximum Gasteiger partial charge on any atom is 0.516 e. The number of benzene rings is 1. The number of esters is 1. The minimum absolute atomic E-state index is 0.0789. The second kappa shape index (κ2) is 8.71. The predicted octanol–water partition coefficient (Wildman–Crippen LogP) is 3.32. The second-order valence-electron chi connectivity index (χ2n) is 4.29. The molecule has 0 saturated carbocycles. The highest BCUT2D eigenvalue weighted by atomic mass is 79.9. The number of rotatable bonds is 6. The number of halogens is 1. The fourth-order valence-electron chi connectivity index (χ4n) is 1.47. The molecule has 2 N–H and O–H groups in total. The molecule has 20 heavy (non-hydrogen) atoms. The minimum Gasteiger partial charge on any atom is -0.434 e. The molecule has 110 valence electrons. The molecule has 0 saturated heterocycles. The Bertz CT molecular complexity index is 447. The van der Waals surface area contributed by atoms with Crippen LogP contribution >= 0.6 is 15.9 Å². The van der Waals surface area contributed by atoms with Gasteiger partial charge in [-0.05, 0) is 24.1 Å². The number of hydrogen-bond donors (Lipinski definition) is 1. The number of carbonyl (C=O) groups is 2. The van der Waals surface area contributed by atoms with Gasteiger partial charge in [-0.15, -0.1) is 0 Å². The van der Waals surface area contributed by atoms with Crippen molar-refractivity contribution in [1.29, 1.82) is 0 Å². The average Bonchev–Trinajstić information content (AvgIpc) is 2.39. The number of ether oxygens (including phenoxy) is 2. The molecule has 1 atom stereocenters. The van der Waals surface area contributed by atoms with Crippen molar-refractivity contribution in [2.45, 2.75) is 32.2 Å². The van der Waals surface area contributed by atoms with Crippen LogP contribution in [0, 0.1) is 0 Å². The van der Waals surface area contributed by atoms with Crippen LogP contribution in [0.2, 0.25) is 0 Å². The molecular weight excluding hydrogens is 326 g/mol. The molecule has 1 aromatic carbocycles. The van der Waals surface area contributed by atoms with Crippen molar-refractivity contribution < 1.29 is 19.1 Å². The summed E-state index contributed by atoms with van der Waals surface area (Å²) in [5.41, 5.74) is 6.67. The molecule has 0 aromatic heterocycles. The van der Waals surface area contributed by atoms with E-state index in [-0.39, 0.29) is 13.0 Å². The van der Waals surface area contributed by atoms with Crippen LogP contribution in [-0.2, 0) is 14.3 Å². The molecule has 5 nitrogen and oxygen atoms in total. The zero-order valence-electron chi connectivity index (χ0n) is 11.3. The third kappa shape index (κ3) is 6.16. The van der Waals surface area contributed by atoms with E-state index in [0.717, 1.165) is 22.9 Å². The quantitative estimate of drug-likeness (QED) is 0.487. The van der Waals surface area contributed by atoms with Gasteiger partial charge < -0.3 is 15.2 Å². The summed E-state index contributed by atoms with van der Waals surface area (Å²) >= 11 is 3.31. The van der Waals surface area contributed by atoms with Crippen LogP contribution in [0.5, 0.6) is 0 Å². The van der Waals surface area contributed by atoms with Gasteiger partial charge in [-0.25, -0.2) is 4.79 Å². The van der Waals surface area contributed by atoms with Gasteiger partial charge in [0.1, 0.15) is 0 Å². The fraction of sp³-hybridized carbons (Fsp3) is 0.429. The van der Waals surface area contributed by atoms with Gasteiger partial charge in [-0.2, -0.15) is 0 Å². The zero-order chi connectivity index (χ0) is 15.0. The van der Waals surface area contributed by atoms with E-state index >= 15 is 0 Å². The Morgan fingerprint density at radius 2 is 1.95 bits per heavy atom. The summed E-state index contributed by atoms with van der Waals surface area (Å²) in [6.07, 6.45) is 0.591. The normalized spacial score (nSPS) is 11.8. The van der Waals surface area contributed by atoms with E-state index in [2.05, 4.69) is 20.7 Å². The molecule has 0 aliphatic rings. The van der Waals surface area contributed by atoms with Crippen molar-refractivity contribution >= 4 is 28.1 Å². The fourth-order valence-corrected chi connectivity index (χ4v) is 1.74. The number of carbonyl (C=O) groups excluding carboxylic acids is 2. The van der Waals surface area contributed by atoms with Gasteiger partial charge in [0, 0.05) is 10.5 Å². The summed E-state index contributed by atoms with van der Waals surface area (Å²) in [6.45, 7) is 2.22. The number of unbranched alkanes of at least 4 members (excludes halogenated alkanes) is 1. The Kier molecular flexibility index (Phi) is 7.25. The Balaban J connectivity index is 2.37. The zero-order valence-corrected chi connectivity index (χ0v) is 12.9. The molecule has 0 radical (unpaired) electrons. The van der Waals surface area contributed by atoms with Gasteiger partial charge in [0.15, 0.2) is 0 Å². The average molecular weight is 344 g/mol. The highest BCUT2D eigenvalue weighted by Gasteiger charge is 2.16. The van der Waals surface area contributed by atoms with Crippen LogP contribution in [0.1, 0.15) is 37.8 Å². The smallest absolute Gasteiger partial charge is 0.434 e. The largest absolute Gasteiger partial charge is 0.516 e. The Morgan fingerprint density at radius 1 is 1.30 bits per heavy atom. The first-order valence-corrected chi connectivity index (χ1v) is 7.20. The van der Waals surface area contributed by atoms with Crippen molar-refractivity contribution in [3.05, 3.63) is 34.3 Å². The number of hydrogen-bond acceptors (Lipinski definition) is 5. The molecule has 0 heterocycles. The molecule has 1 rings (SSSR count). The summed E-state index contributed by atoms with van der Waals surface area (Å²) in [5.74, 6) is -0.693. The maximum absolute atomic E-state index is 11.5. The molecule has 0 fully saturated rings. The van der Waals surface area contributed by atoms with Crippen LogP contribution < -0.4 is 5.73 Å². The van der Waals surface area contributed by atoms with Gasteiger partial charge in [-0.1, -0.05) is 41.4 Å². The Hall–Kier alpha value is -1.40. The van der Waals surface area contributed by atoms with Crippen molar-refractivity contribution in [3.8, 4) is 0 Å². The van der Waals surface area contributed by atoms with Crippen molar-refractivity contribution in [2.75, 3.05) is 6.61 Å². The maximum atomic E-state index is 11.5. The van der Waals surface area contributed by atoms with Gasteiger partial charge in [0.2, 0.25) is 0 Å². The SMILES string of the molecule is CCCCOC(=O)OC(=O)C[C@H](N)c1ccc(Br)cc1. The van der Waals surface area contributed by atoms with Crippen molar-refractivity contribution in [3.63, 3.8) is 0 Å². The summed E-state index contributed by atoms with van der Waals surface area (Å²) in [7, 11) is 0. The summed E-state index contributed by atoms with van der Waals surface area (Å²) in [6, 6.07) is 6.77. The highest BCUT2D eigenvalue weighted by molar-refractivity contribution is 9.10. The lowest BCUT2D eigenvalue weighted by Crippen LogP contribution is -2.20. The predicted molar refractivity (Wildman–Crippen MR) is 78.0 cm³/mol. The monoisotopic (exact) mass is 343 g/mol. The molecule has 0 amide bonds. The Labute approximate surface area is 126 Å². The van der Waals surface area contributed by atoms with Gasteiger partial charge in [-0.3, -0.25) is 4.79 Å². The van der Waals surface area contributed by atoms with Crippen molar-refractivity contribution in [2.24, 2.45) is 5.73 Å². The van der Waals surface area contributed by atoms with Crippen LogP contribution in [0.25, 0.3) is 0 Å². The van der Waals surface area contributed by atoms with E-state index in [4.69, 9.17) is 10.5 Å². The molecule has 1 aromatic rings. The van der Waals surface area contributed by atoms with E-state index in [1.807, 2.05) is 31.2 Å². The third-order valence-electron chi connectivity index (χ3n) is 2.60. The van der Waals surface area contributed by atoms with Crippen LogP contribution in [0.15, 0.2) is 28.7 Å². The lowest BCUT2D eigenvalue weighted by Gasteiger charge is -2.11. The van der Waals surface area contributed by atoms with E-state index < -0.39 is 18.2 Å². The molecular formula is C14H18BrNO4. The second-order valence-corrected chi connectivity index (χ2v) is 5.20. The van der Waals surface area contributed by atoms with E-state index in [0.29, 0.717) is 0 Å². The molecule has 6 heteroatoms. The molecule has 0 bridgehead atoms. The first kappa shape index (κ1) is 16.7. The van der Waals surface area contributed by atoms with Gasteiger partial charge >= 0.3 is 12.1 Å². The van der Waals surface area contributed by atoms with E-state index in [1.54, 1.807) is 0 Å². The first-order chi connectivity index (χ1) is 9.52. The Morgan fingerprint density at radius 3 is 2.55 bits per heavy atom. The van der Waals surface area contributed by atoms with Crippen molar-refractivity contribution in [1.82, 2.24) is 0 Å².